The molecule has 0 aliphatic heterocycles. The summed E-state index contributed by atoms with van der Waals surface area (Å²) in [5.74, 6) is -1.17. The van der Waals surface area contributed by atoms with Crippen molar-refractivity contribution in [2.75, 3.05) is 19.4 Å². The minimum Gasteiger partial charge on any atom is -0.377 e. The third-order valence-electron chi connectivity index (χ3n) is 4.63. The molecular weight excluding hydrogens is 407 g/mol. The molecule has 0 spiro atoms. The van der Waals surface area contributed by atoms with Gasteiger partial charge in [-0.3, -0.25) is 10.1 Å². The molecule has 31 heavy (non-hydrogen) atoms. The van der Waals surface area contributed by atoms with E-state index in [4.69, 9.17) is 0 Å². The Morgan fingerprint density at radius 1 is 1.00 bits per heavy atom. The molecular formula is C21H20F3N7. The highest BCUT2D eigenvalue weighted by molar-refractivity contribution is 5.86. The van der Waals surface area contributed by atoms with E-state index < -0.39 is 12.0 Å². The van der Waals surface area contributed by atoms with Crippen LogP contribution in [0.1, 0.15) is 17.1 Å². The van der Waals surface area contributed by atoms with Gasteiger partial charge in [-0.15, -0.1) is 0 Å². The smallest absolute Gasteiger partial charge is 0.377 e. The summed E-state index contributed by atoms with van der Waals surface area (Å²) in [4.78, 5) is 13.1. The molecule has 4 aromatic rings. The summed E-state index contributed by atoms with van der Waals surface area (Å²) >= 11 is 0. The molecule has 0 saturated carbocycles. The van der Waals surface area contributed by atoms with E-state index >= 15 is 0 Å². The van der Waals surface area contributed by atoms with Crippen molar-refractivity contribution in [3.63, 3.8) is 0 Å². The summed E-state index contributed by atoms with van der Waals surface area (Å²) in [6.07, 6.45) is 1.33. The number of halogens is 3. The molecule has 0 saturated heterocycles. The first-order valence-electron chi connectivity index (χ1n) is 9.49. The highest BCUT2D eigenvalue weighted by Gasteiger charge is 2.34. The standard InChI is InChI=1S/C21H20F3N7/c1-31(2)12-13-5-15(8-25-7-13)14-3-4-18-17(6-14)19(30-29-18)11-26-16-9-27-20(28-10-16)21(22,23)24/h3-10,26H,11-12H2,1-2H3,(H,29,30). The number of nitrogens with zero attached hydrogens (tertiary/aromatic N) is 5. The molecule has 0 amide bonds. The van der Waals surface area contributed by atoms with E-state index in [-0.39, 0.29) is 0 Å². The predicted molar refractivity (Wildman–Crippen MR) is 111 cm³/mol. The van der Waals surface area contributed by atoms with Gasteiger partial charge in [0.15, 0.2) is 0 Å². The zero-order valence-corrected chi connectivity index (χ0v) is 16.9. The normalized spacial score (nSPS) is 11.9. The number of rotatable bonds is 6. The van der Waals surface area contributed by atoms with Crippen molar-refractivity contribution in [2.24, 2.45) is 0 Å². The van der Waals surface area contributed by atoms with Crippen LogP contribution >= 0.6 is 0 Å². The monoisotopic (exact) mass is 427 g/mol. The molecule has 0 aliphatic carbocycles. The van der Waals surface area contributed by atoms with E-state index in [1.54, 1.807) is 0 Å². The van der Waals surface area contributed by atoms with E-state index in [1.165, 1.54) is 0 Å². The van der Waals surface area contributed by atoms with Crippen molar-refractivity contribution in [1.29, 1.82) is 0 Å². The molecule has 2 N–H and O–H groups in total. The lowest BCUT2D eigenvalue weighted by molar-refractivity contribution is -0.144. The number of alkyl halides is 3. The van der Waals surface area contributed by atoms with Gasteiger partial charge >= 0.3 is 6.18 Å². The maximum Gasteiger partial charge on any atom is 0.451 e. The average Bonchev–Trinajstić information content (AvgIpc) is 3.14. The van der Waals surface area contributed by atoms with Gasteiger partial charge in [-0.2, -0.15) is 18.3 Å². The topological polar surface area (TPSA) is 82.6 Å². The Morgan fingerprint density at radius 3 is 2.48 bits per heavy atom. The van der Waals surface area contributed by atoms with Crippen molar-refractivity contribution in [3.8, 4) is 11.1 Å². The van der Waals surface area contributed by atoms with Gasteiger partial charge in [0.2, 0.25) is 5.82 Å². The Labute approximate surface area is 176 Å². The Bertz CT molecular complexity index is 1180. The summed E-state index contributed by atoms with van der Waals surface area (Å²) in [7, 11) is 4.01. The first kappa shape index (κ1) is 20.7. The van der Waals surface area contributed by atoms with Gasteiger partial charge in [0.05, 0.1) is 35.8 Å². The summed E-state index contributed by atoms with van der Waals surface area (Å²) in [6, 6.07) is 8.03. The number of aromatic amines is 1. The second-order valence-electron chi connectivity index (χ2n) is 7.40. The molecule has 0 radical (unpaired) electrons. The Hall–Kier alpha value is -3.53. The third-order valence-corrected chi connectivity index (χ3v) is 4.63. The molecule has 0 bridgehead atoms. The van der Waals surface area contributed by atoms with Gasteiger partial charge < -0.3 is 10.2 Å². The summed E-state index contributed by atoms with van der Waals surface area (Å²) in [5, 5.41) is 11.2. The number of benzene rings is 1. The molecule has 4 rings (SSSR count). The van der Waals surface area contributed by atoms with Crippen LogP contribution in [0.25, 0.3) is 22.0 Å². The van der Waals surface area contributed by atoms with E-state index in [2.05, 4.69) is 41.4 Å². The van der Waals surface area contributed by atoms with Crippen LogP contribution in [0.5, 0.6) is 0 Å². The van der Waals surface area contributed by atoms with Crippen LogP contribution in [0.2, 0.25) is 0 Å². The molecule has 160 valence electrons. The maximum absolute atomic E-state index is 12.6. The van der Waals surface area contributed by atoms with E-state index in [0.717, 1.165) is 52.2 Å². The first-order valence-corrected chi connectivity index (χ1v) is 9.49. The van der Waals surface area contributed by atoms with Crippen LogP contribution in [-0.2, 0) is 19.3 Å². The first-order chi connectivity index (χ1) is 14.8. The number of pyridine rings is 1. The van der Waals surface area contributed by atoms with Gasteiger partial charge in [0, 0.05) is 29.9 Å². The number of aromatic nitrogens is 5. The summed E-state index contributed by atoms with van der Waals surface area (Å²) in [5.41, 5.74) is 5.08. The number of anilines is 1. The van der Waals surface area contributed by atoms with Gasteiger partial charge in [-0.1, -0.05) is 6.07 Å². The van der Waals surface area contributed by atoms with Crippen LogP contribution in [0.4, 0.5) is 18.9 Å². The highest BCUT2D eigenvalue weighted by Crippen LogP contribution is 2.27. The number of nitrogens with one attached hydrogen (secondary N) is 2. The fourth-order valence-electron chi connectivity index (χ4n) is 3.23. The van der Waals surface area contributed by atoms with Crippen molar-refractivity contribution in [3.05, 3.63) is 66.1 Å². The van der Waals surface area contributed by atoms with Crippen molar-refractivity contribution in [1.82, 2.24) is 30.0 Å². The van der Waals surface area contributed by atoms with Crippen LogP contribution < -0.4 is 5.32 Å². The lowest BCUT2D eigenvalue weighted by atomic mass is 10.0. The maximum atomic E-state index is 12.6. The second kappa shape index (κ2) is 8.31. The van der Waals surface area contributed by atoms with Crippen LogP contribution in [-0.4, -0.2) is 44.1 Å². The quantitative estimate of drug-likeness (QED) is 0.482. The van der Waals surface area contributed by atoms with Crippen molar-refractivity contribution in [2.45, 2.75) is 19.3 Å². The Balaban J connectivity index is 1.55. The molecule has 0 atom stereocenters. The lowest BCUT2D eigenvalue weighted by Gasteiger charge is -2.10. The zero-order valence-electron chi connectivity index (χ0n) is 16.9. The van der Waals surface area contributed by atoms with E-state index in [0.29, 0.717) is 12.2 Å². The van der Waals surface area contributed by atoms with Gasteiger partial charge in [-0.05, 0) is 43.4 Å². The second-order valence-corrected chi connectivity index (χ2v) is 7.40. The summed E-state index contributed by atoms with van der Waals surface area (Å²) < 4.78 is 37.8. The summed E-state index contributed by atoms with van der Waals surface area (Å²) in [6.45, 7) is 1.12. The molecule has 0 unspecified atom stereocenters. The molecule has 0 fully saturated rings. The minimum atomic E-state index is -4.56. The molecule has 0 aliphatic rings. The van der Waals surface area contributed by atoms with Crippen molar-refractivity contribution >= 4 is 16.6 Å². The molecule has 7 nitrogen and oxygen atoms in total. The van der Waals surface area contributed by atoms with Crippen LogP contribution in [0.15, 0.2) is 49.1 Å². The fraction of sp³-hybridized carbons (Fsp3) is 0.238. The predicted octanol–water partition coefficient (Wildman–Crippen LogP) is 4.11. The van der Waals surface area contributed by atoms with Gasteiger partial charge in [-0.25, -0.2) is 9.97 Å². The fourth-order valence-corrected chi connectivity index (χ4v) is 3.23. The molecule has 3 heterocycles. The molecule has 3 aromatic heterocycles. The molecule has 1 aromatic carbocycles. The number of H-pyrrole nitrogens is 1. The minimum absolute atomic E-state index is 0.327. The highest BCUT2D eigenvalue weighted by atomic mass is 19.4. The van der Waals surface area contributed by atoms with Crippen molar-refractivity contribution < 1.29 is 13.2 Å². The SMILES string of the molecule is CN(C)Cc1cncc(-c2ccc3n[nH]c(CNc4cnc(C(F)(F)F)nc4)c3c2)c1. The Morgan fingerprint density at radius 2 is 1.77 bits per heavy atom. The Kier molecular flexibility index (Phi) is 5.55. The van der Waals surface area contributed by atoms with Crippen LogP contribution in [0.3, 0.4) is 0 Å². The zero-order chi connectivity index (χ0) is 22.0. The van der Waals surface area contributed by atoms with E-state index in [1.807, 2.05) is 44.7 Å². The number of fused-ring (bicyclic) bond motifs is 1. The van der Waals surface area contributed by atoms with Crippen LogP contribution in [0, 0.1) is 0 Å². The largest absolute Gasteiger partial charge is 0.451 e. The number of hydrogen-bond acceptors (Lipinski definition) is 6. The van der Waals surface area contributed by atoms with E-state index in [9.17, 15) is 13.2 Å². The lowest BCUT2D eigenvalue weighted by Crippen LogP contribution is -2.11. The third kappa shape index (κ3) is 4.80. The molecule has 10 heteroatoms. The average molecular weight is 427 g/mol. The van der Waals surface area contributed by atoms with Gasteiger partial charge in [0.25, 0.3) is 0 Å². The van der Waals surface area contributed by atoms with Gasteiger partial charge in [0.1, 0.15) is 0 Å². The number of hydrogen-bond donors (Lipinski definition) is 2.